The smallest absolute Gasteiger partial charge is 0.336 e. The number of hydrogen-bond donors (Lipinski definition) is 1. The molecule has 0 radical (unpaired) electrons. The van der Waals surface area contributed by atoms with Gasteiger partial charge in [0.2, 0.25) is 0 Å². The van der Waals surface area contributed by atoms with Gasteiger partial charge in [-0.1, -0.05) is 61.9 Å². The quantitative estimate of drug-likeness (QED) is 0.224. The Labute approximate surface area is 222 Å². The third-order valence-corrected chi connectivity index (χ3v) is 6.82. The van der Waals surface area contributed by atoms with Crippen LogP contribution in [0.5, 0.6) is 5.75 Å². The first-order valence-electron chi connectivity index (χ1n) is 13.0. The molecule has 0 fully saturated rings. The molecule has 0 saturated heterocycles. The highest BCUT2D eigenvalue weighted by atomic mass is 16.5. The monoisotopic (exact) mass is 508 g/mol. The third-order valence-electron chi connectivity index (χ3n) is 6.82. The molecule has 0 atom stereocenters. The molecule has 38 heavy (non-hydrogen) atoms. The van der Waals surface area contributed by atoms with E-state index < -0.39 is 5.97 Å². The van der Waals surface area contributed by atoms with Crippen molar-refractivity contribution in [3.8, 4) is 16.9 Å². The van der Waals surface area contributed by atoms with E-state index in [2.05, 4.69) is 41.6 Å². The van der Waals surface area contributed by atoms with Crippen LogP contribution in [-0.2, 0) is 19.5 Å². The Morgan fingerprint density at radius 2 is 1.87 bits per heavy atom. The molecule has 0 bridgehead atoms. The molecule has 0 aliphatic heterocycles. The summed E-state index contributed by atoms with van der Waals surface area (Å²) in [5.74, 6) is 0.954. The lowest BCUT2D eigenvalue weighted by Gasteiger charge is -2.14. The minimum absolute atomic E-state index is 0.302. The maximum atomic E-state index is 11.7. The van der Waals surface area contributed by atoms with Gasteiger partial charge in [-0.25, -0.2) is 14.8 Å². The van der Waals surface area contributed by atoms with Gasteiger partial charge in [-0.15, -0.1) is 0 Å². The maximum absolute atomic E-state index is 11.7. The van der Waals surface area contributed by atoms with E-state index in [1.807, 2.05) is 41.1 Å². The summed E-state index contributed by atoms with van der Waals surface area (Å²) in [4.78, 5) is 20.9. The summed E-state index contributed by atoms with van der Waals surface area (Å²) < 4.78 is 10.6. The third kappa shape index (κ3) is 5.32. The molecule has 0 spiro atoms. The molecule has 0 unspecified atom stereocenters. The number of aryl methyl sites for hydroxylation is 2. The summed E-state index contributed by atoms with van der Waals surface area (Å²) in [5, 5.41) is 9.59. The molecule has 5 aromatic rings. The van der Waals surface area contributed by atoms with Crippen molar-refractivity contribution >= 4 is 17.0 Å². The van der Waals surface area contributed by atoms with Crippen LogP contribution < -0.4 is 4.74 Å². The van der Waals surface area contributed by atoms with Crippen LogP contribution in [-0.4, -0.2) is 36.8 Å². The molecule has 3 aromatic carbocycles. The molecule has 0 aliphatic rings. The van der Waals surface area contributed by atoms with Gasteiger partial charge < -0.3 is 19.0 Å². The highest BCUT2D eigenvalue weighted by Gasteiger charge is 2.18. The van der Waals surface area contributed by atoms with Crippen LogP contribution in [0.25, 0.3) is 22.2 Å². The number of unbranched alkanes of at least 4 members (excludes halogenated alkanes) is 1. The van der Waals surface area contributed by atoms with Crippen LogP contribution >= 0.6 is 0 Å². The number of carboxylic acids is 1. The molecule has 0 amide bonds. The van der Waals surface area contributed by atoms with Crippen LogP contribution in [0.2, 0.25) is 0 Å². The molecular formula is C31H32N4O3. The van der Waals surface area contributed by atoms with Crippen LogP contribution in [0.4, 0.5) is 0 Å². The molecule has 7 heteroatoms. The van der Waals surface area contributed by atoms with E-state index in [4.69, 9.17) is 9.72 Å². The van der Waals surface area contributed by atoms with Gasteiger partial charge in [-0.05, 0) is 47.7 Å². The lowest BCUT2D eigenvalue weighted by molar-refractivity contribution is 0.0697. The summed E-state index contributed by atoms with van der Waals surface area (Å²) in [5.41, 5.74) is 6.13. The summed E-state index contributed by atoms with van der Waals surface area (Å²) in [6.45, 7) is 6.18. The zero-order valence-electron chi connectivity index (χ0n) is 21.8. The standard InChI is InChI=1S/C31H32N4O3/c1-3-4-9-28-33-29-22(2)10-15-27(38-19-18-34-17-16-32-21-34)30(29)35(28)20-23-11-13-24(14-12-23)25-7-5-6-8-26(25)31(36)37/h5-8,10-17,21H,3-4,9,18-20H2,1-2H3,(H,36,37). The van der Waals surface area contributed by atoms with E-state index >= 15 is 0 Å². The minimum atomic E-state index is -0.925. The number of carboxylic acid groups (broad SMARTS) is 1. The number of fused-ring (bicyclic) bond motifs is 1. The number of rotatable bonds is 11. The average molecular weight is 509 g/mol. The summed E-state index contributed by atoms with van der Waals surface area (Å²) in [6.07, 6.45) is 8.53. The highest BCUT2D eigenvalue weighted by Crippen LogP contribution is 2.31. The highest BCUT2D eigenvalue weighted by molar-refractivity contribution is 5.96. The Balaban J connectivity index is 1.48. The molecular weight excluding hydrogens is 476 g/mol. The molecule has 2 aromatic heterocycles. The Hall–Kier alpha value is -4.39. The number of aromatic nitrogens is 4. The van der Waals surface area contributed by atoms with Crippen molar-refractivity contribution in [1.29, 1.82) is 0 Å². The SMILES string of the molecule is CCCCc1nc2c(C)ccc(OCCn3ccnc3)c2n1Cc1ccc(-c2ccccc2C(=O)O)cc1. The number of benzene rings is 3. The van der Waals surface area contributed by atoms with Gasteiger partial charge in [0.1, 0.15) is 23.7 Å². The number of ether oxygens (including phenoxy) is 1. The average Bonchev–Trinajstić information content (AvgIpc) is 3.58. The number of imidazole rings is 2. The van der Waals surface area contributed by atoms with E-state index in [1.54, 1.807) is 24.7 Å². The van der Waals surface area contributed by atoms with Gasteiger partial charge in [-0.2, -0.15) is 0 Å². The van der Waals surface area contributed by atoms with Crippen molar-refractivity contribution in [2.75, 3.05) is 6.61 Å². The van der Waals surface area contributed by atoms with Crippen molar-refractivity contribution in [3.63, 3.8) is 0 Å². The van der Waals surface area contributed by atoms with Crippen LogP contribution in [0.3, 0.4) is 0 Å². The van der Waals surface area contributed by atoms with Crippen LogP contribution in [0, 0.1) is 6.92 Å². The molecule has 1 N–H and O–H groups in total. The minimum Gasteiger partial charge on any atom is -0.489 e. The second-order valence-electron chi connectivity index (χ2n) is 9.49. The summed E-state index contributed by atoms with van der Waals surface area (Å²) in [7, 11) is 0. The molecule has 7 nitrogen and oxygen atoms in total. The lowest BCUT2D eigenvalue weighted by Crippen LogP contribution is -2.09. The van der Waals surface area contributed by atoms with Gasteiger partial charge in [0.15, 0.2) is 0 Å². The first-order chi connectivity index (χ1) is 18.5. The second kappa shape index (κ2) is 11.3. The molecule has 0 aliphatic carbocycles. The van der Waals surface area contributed by atoms with Gasteiger partial charge in [0.25, 0.3) is 0 Å². The van der Waals surface area contributed by atoms with Gasteiger partial charge in [-0.3, -0.25) is 0 Å². The maximum Gasteiger partial charge on any atom is 0.336 e. The van der Waals surface area contributed by atoms with Crippen molar-refractivity contribution in [1.82, 2.24) is 19.1 Å². The first-order valence-corrected chi connectivity index (χ1v) is 13.0. The number of nitrogens with zero attached hydrogens (tertiary/aromatic N) is 4. The van der Waals surface area contributed by atoms with Gasteiger partial charge in [0.05, 0.1) is 24.0 Å². The van der Waals surface area contributed by atoms with Gasteiger partial charge >= 0.3 is 5.97 Å². The van der Waals surface area contributed by atoms with Gasteiger partial charge in [0, 0.05) is 25.4 Å². The van der Waals surface area contributed by atoms with E-state index in [0.717, 1.165) is 58.6 Å². The van der Waals surface area contributed by atoms with E-state index in [1.165, 1.54) is 0 Å². The molecule has 0 saturated carbocycles. The van der Waals surface area contributed by atoms with Crippen LogP contribution in [0.1, 0.15) is 47.1 Å². The van der Waals surface area contributed by atoms with Crippen molar-refractivity contribution < 1.29 is 14.6 Å². The topological polar surface area (TPSA) is 82.2 Å². The Kier molecular flexibility index (Phi) is 7.54. The number of carbonyl (C=O) groups is 1. The van der Waals surface area contributed by atoms with Crippen molar-refractivity contribution in [2.24, 2.45) is 0 Å². The first kappa shape index (κ1) is 25.3. The fraction of sp³-hybridized carbons (Fsp3) is 0.258. The molecule has 2 heterocycles. The predicted molar refractivity (Wildman–Crippen MR) is 149 cm³/mol. The normalized spacial score (nSPS) is 11.2. The summed E-state index contributed by atoms with van der Waals surface area (Å²) in [6, 6.07) is 19.3. The Bertz CT molecular complexity index is 1540. The zero-order chi connectivity index (χ0) is 26.5. The fourth-order valence-electron chi connectivity index (χ4n) is 4.77. The van der Waals surface area contributed by atoms with E-state index in [-0.39, 0.29) is 0 Å². The Morgan fingerprint density at radius 3 is 2.61 bits per heavy atom. The largest absolute Gasteiger partial charge is 0.489 e. The van der Waals surface area contributed by atoms with Crippen LogP contribution in [0.15, 0.2) is 79.4 Å². The van der Waals surface area contributed by atoms with Crippen molar-refractivity contribution in [2.45, 2.75) is 46.2 Å². The van der Waals surface area contributed by atoms with E-state index in [0.29, 0.717) is 30.8 Å². The Morgan fingerprint density at radius 1 is 1.05 bits per heavy atom. The molecule has 194 valence electrons. The predicted octanol–water partition coefficient (Wildman–Crippen LogP) is 6.38. The fourth-order valence-corrected chi connectivity index (χ4v) is 4.77. The summed E-state index contributed by atoms with van der Waals surface area (Å²) >= 11 is 0. The second-order valence-corrected chi connectivity index (χ2v) is 9.49. The number of aromatic carboxylic acids is 1. The zero-order valence-corrected chi connectivity index (χ0v) is 21.8. The lowest BCUT2D eigenvalue weighted by atomic mass is 9.98. The molecule has 5 rings (SSSR count). The van der Waals surface area contributed by atoms with E-state index in [9.17, 15) is 9.90 Å². The number of hydrogen-bond acceptors (Lipinski definition) is 4. The van der Waals surface area contributed by atoms with Crippen molar-refractivity contribution in [3.05, 3.63) is 102 Å².